The van der Waals surface area contributed by atoms with Gasteiger partial charge in [0.1, 0.15) is 12.4 Å². The summed E-state index contributed by atoms with van der Waals surface area (Å²) in [6.07, 6.45) is 1.90. The minimum absolute atomic E-state index is 0.0193. The maximum absolute atomic E-state index is 13.3. The first kappa shape index (κ1) is 27.5. The molecule has 192 valence electrons. The van der Waals surface area contributed by atoms with Crippen LogP contribution >= 0.6 is 0 Å². The average Bonchev–Trinajstić information content (AvgIpc) is 2.87. The Hall–Kier alpha value is -3.11. The van der Waals surface area contributed by atoms with E-state index in [2.05, 4.69) is 10.3 Å². The van der Waals surface area contributed by atoms with E-state index in [0.29, 0.717) is 17.9 Å². The fraction of sp³-hybridized carbons (Fsp3) is 0.333. The fourth-order valence-electron chi connectivity index (χ4n) is 3.67. The van der Waals surface area contributed by atoms with Crippen molar-refractivity contribution in [2.45, 2.75) is 43.9 Å². The molecule has 8 nitrogen and oxygen atoms in total. The molecule has 0 fully saturated rings. The first-order valence-electron chi connectivity index (χ1n) is 11.8. The molecule has 1 amide bonds. The van der Waals surface area contributed by atoms with E-state index in [4.69, 9.17) is 4.74 Å². The van der Waals surface area contributed by atoms with Crippen molar-refractivity contribution in [1.29, 1.82) is 0 Å². The van der Waals surface area contributed by atoms with Gasteiger partial charge in [-0.25, -0.2) is 4.79 Å². The summed E-state index contributed by atoms with van der Waals surface area (Å²) in [6.45, 7) is 4.53. The Balaban J connectivity index is 1.73. The molecule has 0 saturated carbocycles. The minimum atomic E-state index is -1.61. The second kappa shape index (κ2) is 13.8. The number of rotatable bonds is 12. The van der Waals surface area contributed by atoms with Crippen LogP contribution in [0.3, 0.4) is 0 Å². The van der Waals surface area contributed by atoms with E-state index in [1.165, 1.54) is 12.1 Å². The number of nitrogens with zero attached hydrogens (tertiary/aromatic N) is 2. The van der Waals surface area contributed by atoms with Crippen LogP contribution in [0.25, 0.3) is 0 Å². The van der Waals surface area contributed by atoms with Gasteiger partial charge < -0.3 is 24.8 Å². The third kappa shape index (κ3) is 8.83. The Bertz CT molecular complexity index is 1070. The molecule has 1 heterocycles. The van der Waals surface area contributed by atoms with E-state index in [0.717, 1.165) is 11.1 Å². The number of aliphatic hydroxyl groups excluding tert-OH is 1. The Labute approximate surface area is 215 Å². The summed E-state index contributed by atoms with van der Waals surface area (Å²) in [7, 11) is 0. The first-order chi connectivity index (χ1) is 17.3. The molecule has 0 aliphatic rings. The van der Waals surface area contributed by atoms with Gasteiger partial charge >= 0.3 is 6.09 Å². The molecule has 36 heavy (non-hydrogen) atoms. The largest absolute Gasteiger partial charge is 0.593 e. The highest BCUT2D eigenvalue weighted by Gasteiger charge is 2.31. The topological polar surface area (TPSA) is 118 Å². The summed E-state index contributed by atoms with van der Waals surface area (Å²) < 4.78 is 20.3. The van der Waals surface area contributed by atoms with Crippen LogP contribution in [0.5, 0.6) is 5.75 Å². The smallest absolute Gasteiger partial charge is 0.407 e. The number of alkyl carbamates (subject to hydrolysis) is 1. The predicted molar refractivity (Wildman–Crippen MR) is 138 cm³/mol. The summed E-state index contributed by atoms with van der Waals surface area (Å²) in [4.78, 5) is 17.1. The minimum Gasteiger partial charge on any atom is -0.593 e. The Morgan fingerprint density at radius 2 is 1.83 bits per heavy atom. The Kier molecular flexibility index (Phi) is 10.6. The van der Waals surface area contributed by atoms with E-state index in [-0.39, 0.29) is 24.8 Å². The number of aromatic nitrogens is 1. The number of hydrogen-bond acceptors (Lipinski definition) is 7. The maximum atomic E-state index is 13.3. The number of carbonyl (C=O) groups is 1. The fourth-order valence-corrected chi connectivity index (χ4v) is 5.11. The molecule has 1 aromatic heterocycles. The van der Waals surface area contributed by atoms with E-state index in [1.54, 1.807) is 41.0 Å². The molecule has 0 aliphatic heterocycles. The number of nitrogens with one attached hydrogen (secondary N) is 1. The zero-order valence-corrected chi connectivity index (χ0v) is 21.3. The van der Waals surface area contributed by atoms with Gasteiger partial charge in [-0.05, 0) is 36.1 Å². The molecule has 3 N–H and O–H groups in total. The molecule has 0 radical (unpaired) electrons. The highest BCUT2D eigenvalue weighted by molar-refractivity contribution is 7.89. The third-order valence-corrected chi connectivity index (χ3v) is 6.80. The number of benzene rings is 2. The second-order valence-corrected chi connectivity index (χ2v) is 10.4. The Morgan fingerprint density at radius 3 is 2.50 bits per heavy atom. The van der Waals surface area contributed by atoms with Gasteiger partial charge in [-0.3, -0.25) is 4.98 Å². The quantitative estimate of drug-likeness (QED) is 0.318. The number of carbonyl (C=O) groups excluding carboxylic acids is 1. The number of hydrogen-bond donors (Lipinski definition) is 3. The van der Waals surface area contributed by atoms with Crippen LogP contribution in [0.4, 0.5) is 4.79 Å². The molecule has 0 saturated heterocycles. The third-order valence-electron chi connectivity index (χ3n) is 5.37. The van der Waals surface area contributed by atoms with Crippen molar-refractivity contribution in [1.82, 2.24) is 14.6 Å². The molecule has 1 unspecified atom stereocenters. The number of phenolic OH excluding ortho intramolecular Hbond substituents is 1. The second-order valence-electron chi connectivity index (χ2n) is 8.93. The van der Waals surface area contributed by atoms with E-state index in [1.807, 2.05) is 44.2 Å². The number of ether oxygens (including phenoxy) is 1. The molecule has 3 aromatic rings. The number of aromatic hydroxyl groups is 1. The summed E-state index contributed by atoms with van der Waals surface area (Å²) in [5, 5.41) is 23.8. The number of amides is 1. The SMILES string of the molecule is CC(C)CN(C[C@@H](O)[C@H](Cc1ccccc1)NC(=O)OCc1cccnc1)[S+]([O-])c1cccc(O)c1. The van der Waals surface area contributed by atoms with Crippen LogP contribution in [0, 0.1) is 5.92 Å². The van der Waals surface area contributed by atoms with Gasteiger partial charge in [0.25, 0.3) is 0 Å². The molecular formula is C27H33N3O5S. The monoisotopic (exact) mass is 511 g/mol. The van der Waals surface area contributed by atoms with Gasteiger partial charge in [-0.2, -0.15) is 0 Å². The van der Waals surface area contributed by atoms with Crippen molar-refractivity contribution in [3.8, 4) is 5.75 Å². The van der Waals surface area contributed by atoms with Gasteiger partial charge in [-0.1, -0.05) is 56.3 Å². The predicted octanol–water partition coefficient (Wildman–Crippen LogP) is 3.67. The maximum Gasteiger partial charge on any atom is 0.407 e. The van der Waals surface area contributed by atoms with Crippen molar-refractivity contribution in [2.75, 3.05) is 13.1 Å². The van der Waals surface area contributed by atoms with Gasteiger partial charge in [0.05, 0.1) is 30.1 Å². The number of aliphatic hydroxyl groups is 1. The summed E-state index contributed by atoms with van der Waals surface area (Å²) in [5.74, 6) is 0.189. The van der Waals surface area contributed by atoms with Crippen LogP contribution in [0.2, 0.25) is 0 Å². The lowest BCUT2D eigenvalue weighted by Gasteiger charge is -2.31. The average molecular weight is 512 g/mol. The molecule has 3 atom stereocenters. The first-order valence-corrected chi connectivity index (χ1v) is 12.9. The van der Waals surface area contributed by atoms with Crippen LogP contribution in [0.1, 0.15) is 25.0 Å². The van der Waals surface area contributed by atoms with Crippen LogP contribution in [-0.2, 0) is 29.1 Å². The van der Waals surface area contributed by atoms with E-state index in [9.17, 15) is 19.6 Å². The highest BCUT2D eigenvalue weighted by Crippen LogP contribution is 2.22. The van der Waals surface area contributed by atoms with Gasteiger partial charge in [0, 0.05) is 30.6 Å². The van der Waals surface area contributed by atoms with Crippen molar-refractivity contribution in [3.63, 3.8) is 0 Å². The van der Waals surface area contributed by atoms with Crippen LogP contribution in [0.15, 0.2) is 84.0 Å². The van der Waals surface area contributed by atoms with Crippen molar-refractivity contribution >= 4 is 17.5 Å². The van der Waals surface area contributed by atoms with Crippen LogP contribution < -0.4 is 5.32 Å². The van der Waals surface area contributed by atoms with Gasteiger partial charge in [-0.15, -0.1) is 4.31 Å². The van der Waals surface area contributed by atoms with Gasteiger partial charge in [0.2, 0.25) is 0 Å². The molecule has 0 aliphatic carbocycles. The van der Waals surface area contributed by atoms with Gasteiger partial charge in [0.15, 0.2) is 4.90 Å². The molecule has 0 bridgehead atoms. The summed E-state index contributed by atoms with van der Waals surface area (Å²) in [6, 6.07) is 18.6. The van der Waals surface area contributed by atoms with Crippen molar-refractivity contribution in [3.05, 3.63) is 90.3 Å². The lowest BCUT2D eigenvalue weighted by molar-refractivity contribution is 0.0873. The zero-order valence-electron chi connectivity index (χ0n) is 20.5. The van der Waals surface area contributed by atoms with Crippen molar-refractivity contribution in [2.24, 2.45) is 5.92 Å². The van der Waals surface area contributed by atoms with Crippen LogP contribution in [-0.4, -0.2) is 55.4 Å². The lowest BCUT2D eigenvalue weighted by atomic mass is 10.0. The molecule has 2 aromatic carbocycles. The van der Waals surface area contributed by atoms with Crippen molar-refractivity contribution < 1.29 is 24.3 Å². The van der Waals surface area contributed by atoms with E-state index < -0.39 is 29.6 Å². The number of pyridine rings is 1. The molecule has 9 heteroatoms. The van der Waals surface area contributed by atoms with E-state index >= 15 is 0 Å². The highest BCUT2D eigenvalue weighted by atomic mass is 32.2. The summed E-state index contributed by atoms with van der Waals surface area (Å²) >= 11 is -1.61. The normalized spacial score (nSPS) is 13.8. The molecule has 3 rings (SSSR count). The molecular weight excluding hydrogens is 478 g/mol. The zero-order chi connectivity index (χ0) is 25.9. The standard InChI is InChI=1S/C27H33N3O5S/c1-20(2)17-30(36(34)24-12-6-11-23(31)15-24)18-26(32)25(14-21-8-4-3-5-9-21)29-27(33)35-19-22-10-7-13-28-16-22/h3-13,15-16,20,25-26,31-32H,14,17-19H2,1-2H3,(H,29,33)/t25-,26+,36?/m0/s1. The summed E-state index contributed by atoms with van der Waals surface area (Å²) in [5.41, 5.74) is 1.68. The Morgan fingerprint density at radius 1 is 1.08 bits per heavy atom. The lowest BCUT2D eigenvalue weighted by Crippen LogP contribution is -2.51. The molecule has 0 spiro atoms. The number of phenols is 1.